The minimum atomic E-state index is -3.88. The molecule has 3 rings (SSSR count). The number of nitrogens with one attached hydrogen (secondary N) is 2. The maximum atomic E-state index is 13.1. The molecule has 0 radical (unpaired) electrons. The largest absolute Gasteiger partial charge is 0.492 e. The number of carbonyl (C=O) groups excluding carboxylic acids is 1. The lowest BCUT2D eigenvalue weighted by molar-refractivity contribution is -0.117. The van der Waals surface area contributed by atoms with E-state index in [0.717, 1.165) is 5.56 Å². The Morgan fingerprint density at radius 1 is 0.900 bits per heavy atom. The van der Waals surface area contributed by atoms with Crippen molar-refractivity contribution in [3.8, 4) is 5.75 Å². The molecule has 0 heterocycles. The van der Waals surface area contributed by atoms with E-state index in [9.17, 15) is 13.2 Å². The van der Waals surface area contributed by atoms with Gasteiger partial charge in [0.15, 0.2) is 0 Å². The summed E-state index contributed by atoms with van der Waals surface area (Å²) in [6, 6.07) is 23.3. The van der Waals surface area contributed by atoms with Crippen LogP contribution in [0.3, 0.4) is 0 Å². The second-order valence-corrected chi connectivity index (χ2v) is 8.31. The van der Waals surface area contributed by atoms with E-state index in [0.29, 0.717) is 18.0 Å². The van der Waals surface area contributed by atoms with E-state index < -0.39 is 22.0 Å². The van der Waals surface area contributed by atoms with Gasteiger partial charge in [-0.25, -0.2) is 8.42 Å². The zero-order valence-electron chi connectivity index (χ0n) is 16.6. The Bertz CT molecular complexity index is 1070. The number of hydrogen-bond acceptors (Lipinski definition) is 4. The van der Waals surface area contributed by atoms with Crippen LogP contribution in [0.15, 0.2) is 89.8 Å². The quantitative estimate of drug-likeness (QED) is 0.550. The topological polar surface area (TPSA) is 84.5 Å². The van der Waals surface area contributed by atoms with Crippen molar-refractivity contribution in [2.24, 2.45) is 0 Å². The van der Waals surface area contributed by atoms with Crippen LogP contribution in [0.2, 0.25) is 0 Å². The maximum absolute atomic E-state index is 13.1. The molecule has 6 nitrogen and oxygen atoms in total. The Morgan fingerprint density at radius 2 is 1.50 bits per heavy atom. The minimum absolute atomic E-state index is 0.102. The van der Waals surface area contributed by atoms with Gasteiger partial charge in [0.05, 0.1) is 17.2 Å². The van der Waals surface area contributed by atoms with E-state index in [1.165, 1.54) is 12.1 Å². The fourth-order valence-electron chi connectivity index (χ4n) is 2.96. The fraction of sp³-hybridized carbons (Fsp3) is 0.174. The zero-order valence-corrected chi connectivity index (χ0v) is 17.4. The first kappa shape index (κ1) is 21.5. The molecule has 2 N–H and O–H groups in total. The number of carbonyl (C=O) groups is 1. The van der Waals surface area contributed by atoms with Crippen LogP contribution in [0.5, 0.6) is 5.75 Å². The SMILES string of the molecule is CCOc1ccccc1NC(=O)[C@@H](Cc1ccccc1)NS(=O)(=O)c1ccccc1. The van der Waals surface area contributed by atoms with Gasteiger partial charge in [-0.05, 0) is 43.2 Å². The summed E-state index contributed by atoms with van der Waals surface area (Å²) >= 11 is 0. The van der Waals surface area contributed by atoms with Crippen molar-refractivity contribution >= 4 is 21.6 Å². The summed E-state index contributed by atoms with van der Waals surface area (Å²) in [5.41, 5.74) is 1.33. The molecule has 0 aliphatic heterocycles. The molecular formula is C23H24N2O4S. The van der Waals surface area contributed by atoms with Gasteiger partial charge in [0, 0.05) is 0 Å². The zero-order chi connectivity index (χ0) is 21.4. The maximum Gasteiger partial charge on any atom is 0.243 e. The molecule has 0 bridgehead atoms. The Morgan fingerprint density at radius 3 is 2.17 bits per heavy atom. The molecule has 3 aromatic carbocycles. The summed E-state index contributed by atoms with van der Waals surface area (Å²) in [7, 11) is -3.88. The van der Waals surface area contributed by atoms with Gasteiger partial charge in [-0.3, -0.25) is 4.79 Å². The van der Waals surface area contributed by atoms with Crippen LogP contribution in [0.1, 0.15) is 12.5 Å². The van der Waals surface area contributed by atoms with Crippen LogP contribution in [0, 0.1) is 0 Å². The van der Waals surface area contributed by atoms with Gasteiger partial charge in [-0.15, -0.1) is 0 Å². The van der Waals surface area contributed by atoms with Crippen LogP contribution in [-0.4, -0.2) is 27.0 Å². The first-order valence-electron chi connectivity index (χ1n) is 9.63. The highest BCUT2D eigenvalue weighted by molar-refractivity contribution is 7.89. The molecule has 0 fully saturated rings. The van der Waals surface area contributed by atoms with Crippen molar-refractivity contribution in [3.63, 3.8) is 0 Å². The van der Waals surface area contributed by atoms with Crippen molar-refractivity contribution in [2.45, 2.75) is 24.3 Å². The third-order valence-corrected chi connectivity index (χ3v) is 5.88. The highest BCUT2D eigenvalue weighted by Crippen LogP contribution is 2.24. The number of amides is 1. The predicted molar refractivity (Wildman–Crippen MR) is 117 cm³/mol. The lowest BCUT2D eigenvalue weighted by Gasteiger charge is -2.20. The van der Waals surface area contributed by atoms with Gasteiger partial charge in [0.2, 0.25) is 15.9 Å². The van der Waals surface area contributed by atoms with Crippen molar-refractivity contribution in [3.05, 3.63) is 90.5 Å². The molecule has 1 amide bonds. The van der Waals surface area contributed by atoms with Crippen LogP contribution < -0.4 is 14.8 Å². The number of sulfonamides is 1. The predicted octanol–water partition coefficient (Wildman–Crippen LogP) is 3.61. The molecule has 156 valence electrons. The third kappa shape index (κ3) is 5.68. The molecule has 0 spiro atoms. The number of para-hydroxylation sites is 2. The third-order valence-electron chi connectivity index (χ3n) is 4.39. The molecule has 0 aromatic heterocycles. The van der Waals surface area contributed by atoms with Gasteiger partial charge in [0.1, 0.15) is 11.8 Å². The van der Waals surface area contributed by atoms with Gasteiger partial charge >= 0.3 is 0 Å². The van der Waals surface area contributed by atoms with Crippen LogP contribution in [-0.2, 0) is 21.2 Å². The van der Waals surface area contributed by atoms with E-state index in [-0.39, 0.29) is 11.3 Å². The monoisotopic (exact) mass is 424 g/mol. The van der Waals surface area contributed by atoms with Crippen molar-refractivity contribution in [2.75, 3.05) is 11.9 Å². The second kappa shape index (κ2) is 10.0. The number of hydrogen-bond donors (Lipinski definition) is 2. The highest BCUT2D eigenvalue weighted by Gasteiger charge is 2.26. The first-order chi connectivity index (χ1) is 14.5. The number of ether oxygens (including phenoxy) is 1. The Labute approximate surface area is 177 Å². The summed E-state index contributed by atoms with van der Waals surface area (Å²) in [6.07, 6.45) is 0.204. The molecule has 7 heteroatoms. The van der Waals surface area contributed by atoms with E-state index in [1.54, 1.807) is 42.5 Å². The smallest absolute Gasteiger partial charge is 0.243 e. The average Bonchev–Trinajstić information content (AvgIpc) is 2.76. The summed E-state index contributed by atoms with van der Waals surface area (Å²) < 4.78 is 33.8. The lowest BCUT2D eigenvalue weighted by Crippen LogP contribution is -2.45. The van der Waals surface area contributed by atoms with E-state index in [1.807, 2.05) is 37.3 Å². The second-order valence-electron chi connectivity index (χ2n) is 6.60. The van der Waals surface area contributed by atoms with Crippen molar-refractivity contribution < 1.29 is 17.9 Å². The standard InChI is InChI=1S/C23H24N2O4S/c1-2-29-22-16-10-9-15-20(22)24-23(26)21(17-18-11-5-3-6-12-18)25-30(27,28)19-13-7-4-8-14-19/h3-16,21,25H,2,17H2,1H3,(H,24,26)/t21-/m1/s1. The lowest BCUT2D eigenvalue weighted by atomic mass is 10.1. The summed E-state index contributed by atoms with van der Waals surface area (Å²) in [6.45, 7) is 2.30. The number of anilines is 1. The number of rotatable bonds is 9. The molecule has 30 heavy (non-hydrogen) atoms. The molecule has 0 aliphatic carbocycles. The summed E-state index contributed by atoms with van der Waals surface area (Å²) in [5, 5.41) is 2.80. The summed E-state index contributed by atoms with van der Waals surface area (Å²) in [4.78, 5) is 13.2. The first-order valence-corrected chi connectivity index (χ1v) is 11.1. The van der Waals surface area contributed by atoms with Gasteiger partial charge in [-0.1, -0.05) is 60.7 Å². The van der Waals surface area contributed by atoms with Gasteiger partial charge < -0.3 is 10.1 Å². The molecule has 0 saturated heterocycles. The van der Waals surface area contributed by atoms with E-state index in [2.05, 4.69) is 10.0 Å². The van der Waals surface area contributed by atoms with Crippen LogP contribution in [0.25, 0.3) is 0 Å². The average molecular weight is 425 g/mol. The van der Waals surface area contributed by atoms with E-state index >= 15 is 0 Å². The molecule has 0 unspecified atom stereocenters. The Hall–Kier alpha value is -3.16. The molecular weight excluding hydrogens is 400 g/mol. The van der Waals surface area contributed by atoms with Gasteiger partial charge in [-0.2, -0.15) is 4.72 Å². The van der Waals surface area contributed by atoms with Gasteiger partial charge in [0.25, 0.3) is 0 Å². The summed E-state index contributed by atoms with van der Waals surface area (Å²) in [5.74, 6) is 0.0586. The Kier molecular flexibility index (Phi) is 7.21. The normalized spacial score (nSPS) is 12.2. The molecule has 0 saturated carbocycles. The molecule has 1 atom stereocenters. The Balaban J connectivity index is 1.86. The van der Waals surface area contributed by atoms with E-state index in [4.69, 9.17) is 4.74 Å². The molecule has 3 aromatic rings. The van der Waals surface area contributed by atoms with Crippen molar-refractivity contribution in [1.29, 1.82) is 0 Å². The van der Waals surface area contributed by atoms with Crippen molar-refractivity contribution in [1.82, 2.24) is 4.72 Å². The molecule has 0 aliphatic rings. The minimum Gasteiger partial charge on any atom is -0.492 e. The fourth-order valence-corrected chi connectivity index (χ4v) is 4.18. The number of benzene rings is 3. The highest BCUT2D eigenvalue weighted by atomic mass is 32.2. The van der Waals surface area contributed by atoms with Crippen LogP contribution in [0.4, 0.5) is 5.69 Å². The van der Waals surface area contributed by atoms with Crippen LogP contribution >= 0.6 is 0 Å².